The van der Waals surface area contributed by atoms with Crippen LogP contribution in [0.5, 0.6) is 0 Å². The number of rotatable bonds is 9. The van der Waals surface area contributed by atoms with Crippen LogP contribution in [0.4, 0.5) is 0 Å². The van der Waals surface area contributed by atoms with Gasteiger partial charge in [0.15, 0.2) is 9.84 Å². The van der Waals surface area contributed by atoms with Gasteiger partial charge in [0.05, 0.1) is 29.8 Å². The fourth-order valence-electron chi connectivity index (χ4n) is 13.1. The summed E-state index contributed by atoms with van der Waals surface area (Å²) in [5.41, 5.74) is 2.79. The number of ether oxygens (including phenoxy) is 1. The zero-order chi connectivity index (χ0) is 38.0. The van der Waals surface area contributed by atoms with E-state index in [9.17, 15) is 22.8 Å². The van der Waals surface area contributed by atoms with Gasteiger partial charge >= 0.3 is 11.9 Å². The molecule has 9 nitrogen and oxygen atoms in total. The Labute approximate surface area is 313 Å². The Bertz CT molecular complexity index is 1570. The van der Waals surface area contributed by atoms with Crippen LogP contribution in [-0.2, 0) is 29.0 Å². The molecule has 0 spiro atoms. The van der Waals surface area contributed by atoms with Crippen molar-refractivity contribution in [2.24, 2.45) is 44.3 Å². The third kappa shape index (κ3) is 6.92. The zero-order valence-corrected chi connectivity index (χ0v) is 34.1. The number of hydrogen-bond donors (Lipinski definition) is 2. The number of nitrogens with zero attached hydrogens (tertiary/aromatic N) is 1. The van der Waals surface area contributed by atoms with Crippen molar-refractivity contribution in [3.63, 3.8) is 0 Å². The maximum Gasteiger partial charge on any atom is 0.306 e. The van der Waals surface area contributed by atoms with Gasteiger partial charge in [-0.15, -0.1) is 0 Å². The summed E-state index contributed by atoms with van der Waals surface area (Å²) >= 11 is 0. The standard InChI is InChI=1S/C42H68N2O7S/c1-37(2)18-20-42(36(48)43-22-8-23-44-24-9-26-52(49,50)27-25-44)21-19-40(6)29(30(42)28-37)10-11-32-39(5)16-15-33(51-35(47)13-12-34(45)46)38(3,4)31(39)14-17-41(32,40)7/h31-33H,8-28H2,1-7H3,(H,43,48)(H,45,46)/t31-,32+,33?,39-,40+,41+,42-/m0/s1. The van der Waals surface area contributed by atoms with Gasteiger partial charge in [-0.2, -0.15) is 0 Å². The van der Waals surface area contributed by atoms with E-state index in [1.807, 2.05) is 0 Å². The Morgan fingerprint density at radius 2 is 1.58 bits per heavy atom. The minimum absolute atomic E-state index is 0.0217. The van der Waals surface area contributed by atoms with Gasteiger partial charge < -0.3 is 20.1 Å². The largest absolute Gasteiger partial charge is 0.481 e. The van der Waals surface area contributed by atoms with E-state index < -0.39 is 27.2 Å². The van der Waals surface area contributed by atoms with Crippen LogP contribution in [0.15, 0.2) is 11.1 Å². The van der Waals surface area contributed by atoms with Crippen LogP contribution in [0.2, 0.25) is 0 Å². The molecule has 0 bridgehead atoms. The van der Waals surface area contributed by atoms with Gasteiger partial charge in [-0.25, -0.2) is 8.42 Å². The Morgan fingerprint density at radius 3 is 2.31 bits per heavy atom. The van der Waals surface area contributed by atoms with Crippen LogP contribution in [0, 0.1) is 44.3 Å². The zero-order valence-electron chi connectivity index (χ0n) is 33.3. The van der Waals surface area contributed by atoms with E-state index >= 15 is 0 Å². The Morgan fingerprint density at radius 1 is 0.846 bits per heavy atom. The van der Waals surface area contributed by atoms with Crippen LogP contribution in [0.1, 0.15) is 145 Å². The van der Waals surface area contributed by atoms with Gasteiger partial charge in [0, 0.05) is 18.5 Å². The van der Waals surface area contributed by atoms with Crippen molar-refractivity contribution >= 4 is 27.7 Å². The second kappa shape index (κ2) is 14.0. The van der Waals surface area contributed by atoms with E-state index in [0.717, 1.165) is 90.1 Å². The lowest BCUT2D eigenvalue weighted by molar-refractivity contribution is -0.214. The Balaban J connectivity index is 1.21. The third-order valence-electron chi connectivity index (χ3n) is 16.3. The van der Waals surface area contributed by atoms with Crippen molar-refractivity contribution in [3.8, 4) is 0 Å². The van der Waals surface area contributed by atoms with Crippen LogP contribution in [-0.4, -0.2) is 80.1 Å². The normalized spacial score (nSPS) is 39.5. The van der Waals surface area contributed by atoms with Crippen molar-refractivity contribution < 1.29 is 32.6 Å². The molecule has 10 heteroatoms. The van der Waals surface area contributed by atoms with Gasteiger partial charge in [-0.05, 0) is 130 Å². The maximum absolute atomic E-state index is 14.5. The molecule has 1 heterocycles. The second-order valence-electron chi connectivity index (χ2n) is 20.0. The van der Waals surface area contributed by atoms with E-state index in [1.54, 1.807) is 5.57 Å². The molecule has 1 aliphatic heterocycles. The number of esters is 1. The number of aliphatic carboxylic acids is 1. The fourth-order valence-corrected chi connectivity index (χ4v) is 14.4. The first-order valence-electron chi connectivity index (χ1n) is 20.5. The summed E-state index contributed by atoms with van der Waals surface area (Å²) in [6.45, 7) is 19.8. The summed E-state index contributed by atoms with van der Waals surface area (Å²) in [5.74, 6) is 0.293. The van der Waals surface area contributed by atoms with Gasteiger partial charge in [0.25, 0.3) is 0 Å². The van der Waals surface area contributed by atoms with E-state index in [0.29, 0.717) is 31.3 Å². The van der Waals surface area contributed by atoms with Crippen molar-refractivity contribution in [2.75, 3.05) is 37.7 Å². The Kier molecular flexibility index (Phi) is 10.7. The fraction of sp³-hybridized carbons (Fsp3) is 0.881. The molecule has 5 fully saturated rings. The number of carboxylic acid groups (broad SMARTS) is 1. The molecule has 1 amide bonds. The quantitative estimate of drug-likeness (QED) is 0.143. The highest BCUT2D eigenvalue weighted by Crippen LogP contribution is 2.75. The molecule has 1 saturated heterocycles. The molecule has 7 atom stereocenters. The molecule has 0 radical (unpaired) electrons. The lowest BCUT2D eigenvalue weighted by atomic mass is 9.34. The van der Waals surface area contributed by atoms with Crippen molar-refractivity contribution in [1.29, 1.82) is 0 Å². The summed E-state index contributed by atoms with van der Waals surface area (Å²) in [6, 6.07) is 0. The first kappa shape index (κ1) is 39.7. The number of carbonyl (C=O) groups excluding carboxylic acids is 2. The molecule has 0 aromatic rings. The van der Waals surface area contributed by atoms with Crippen molar-refractivity contribution in [2.45, 2.75) is 151 Å². The number of sulfone groups is 1. The highest BCUT2D eigenvalue weighted by Gasteiger charge is 2.68. The molecular weight excluding hydrogens is 677 g/mol. The van der Waals surface area contributed by atoms with Gasteiger partial charge in [0.2, 0.25) is 5.91 Å². The first-order valence-corrected chi connectivity index (χ1v) is 22.4. The molecule has 52 heavy (non-hydrogen) atoms. The van der Waals surface area contributed by atoms with Gasteiger partial charge in [-0.3, -0.25) is 14.4 Å². The van der Waals surface area contributed by atoms with Crippen molar-refractivity contribution in [3.05, 3.63) is 11.1 Å². The van der Waals surface area contributed by atoms with E-state index in [1.165, 1.54) is 5.57 Å². The molecule has 4 saturated carbocycles. The highest BCUT2D eigenvalue weighted by molar-refractivity contribution is 7.91. The summed E-state index contributed by atoms with van der Waals surface area (Å²) in [5, 5.41) is 12.5. The molecule has 6 aliphatic rings. The number of carboxylic acids is 1. The number of hydrogen-bond acceptors (Lipinski definition) is 7. The van der Waals surface area contributed by atoms with Crippen LogP contribution >= 0.6 is 0 Å². The van der Waals surface area contributed by atoms with Crippen LogP contribution in [0.3, 0.4) is 0 Å². The minimum Gasteiger partial charge on any atom is -0.481 e. The third-order valence-corrected chi connectivity index (χ3v) is 18.0. The first-order chi connectivity index (χ1) is 24.2. The summed E-state index contributed by atoms with van der Waals surface area (Å²) < 4.78 is 30.2. The highest BCUT2D eigenvalue weighted by atomic mass is 32.2. The smallest absolute Gasteiger partial charge is 0.306 e. The second-order valence-corrected chi connectivity index (χ2v) is 22.3. The molecule has 6 rings (SSSR count). The van der Waals surface area contributed by atoms with Crippen LogP contribution in [0.25, 0.3) is 0 Å². The molecule has 1 unspecified atom stereocenters. The molecule has 0 aromatic carbocycles. The van der Waals surface area contributed by atoms with Crippen LogP contribution < -0.4 is 5.32 Å². The average Bonchev–Trinajstić information content (AvgIpc) is 3.23. The lowest BCUT2D eigenvalue weighted by Gasteiger charge is -2.71. The maximum atomic E-state index is 14.5. The topological polar surface area (TPSA) is 130 Å². The summed E-state index contributed by atoms with van der Waals surface area (Å²) in [4.78, 5) is 40.5. The number of fused-ring (bicyclic) bond motifs is 6. The lowest BCUT2D eigenvalue weighted by Crippen LogP contribution is -2.64. The number of amides is 1. The molecule has 2 N–H and O–H groups in total. The van der Waals surface area contributed by atoms with Gasteiger partial charge in [0.1, 0.15) is 6.10 Å². The van der Waals surface area contributed by atoms with Crippen molar-refractivity contribution in [1.82, 2.24) is 10.2 Å². The predicted octanol–water partition coefficient (Wildman–Crippen LogP) is 7.34. The number of carbonyl (C=O) groups is 3. The van der Waals surface area contributed by atoms with E-state index in [2.05, 4.69) is 58.7 Å². The van der Waals surface area contributed by atoms with E-state index in [-0.39, 0.29) is 63.4 Å². The molecule has 294 valence electrons. The van der Waals surface area contributed by atoms with Gasteiger partial charge in [-0.1, -0.05) is 59.6 Å². The SMILES string of the molecule is CC1(C)CC[C@]2(C(=O)NCCCN3CCCS(=O)(=O)CC3)CC[C@]3(C)C(=C2C1)CC[C@@H]1[C@@]2(C)CCC(OC(=O)CCC(=O)O)C(C)(C)[C@@H]2CC[C@]13C. The summed E-state index contributed by atoms with van der Waals surface area (Å²) in [6.07, 6.45) is 12.1. The predicted molar refractivity (Wildman–Crippen MR) is 203 cm³/mol. The Hall–Kier alpha value is -1.94. The average molecular weight is 745 g/mol. The summed E-state index contributed by atoms with van der Waals surface area (Å²) in [7, 11) is -2.93. The number of allylic oxidation sites excluding steroid dienone is 1. The minimum atomic E-state index is -2.93. The molecule has 5 aliphatic carbocycles. The molecule has 0 aromatic heterocycles. The monoisotopic (exact) mass is 744 g/mol. The molecular formula is C42H68N2O7S. The van der Waals surface area contributed by atoms with E-state index in [4.69, 9.17) is 9.84 Å². The number of nitrogens with one attached hydrogen (secondary N) is 1.